The quantitative estimate of drug-likeness (QED) is 0.847. The Balaban J connectivity index is 1.99. The van der Waals surface area contributed by atoms with E-state index in [2.05, 4.69) is 15.3 Å². The number of fused-ring (bicyclic) bond motifs is 1. The van der Waals surface area contributed by atoms with E-state index < -0.39 is 11.7 Å². The maximum atomic E-state index is 12.6. The van der Waals surface area contributed by atoms with Crippen LogP contribution in [-0.4, -0.2) is 16.5 Å². The van der Waals surface area contributed by atoms with Crippen LogP contribution in [0.1, 0.15) is 16.8 Å². The van der Waals surface area contributed by atoms with Crippen LogP contribution in [0.5, 0.6) is 0 Å². The van der Waals surface area contributed by atoms with E-state index >= 15 is 0 Å². The molecule has 0 unspecified atom stereocenters. The van der Waals surface area contributed by atoms with Crippen LogP contribution >= 0.6 is 0 Å². The fourth-order valence-corrected chi connectivity index (χ4v) is 2.33. The second kappa shape index (κ2) is 5.00. The number of hydrogen-bond donors (Lipinski definition) is 2. The average Bonchev–Trinajstić information content (AvgIpc) is 2.46. The molecular weight excluding hydrogens is 281 g/mol. The number of hydrogen-bond acceptors (Lipinski definition) is 4. The highest BCUT2D eigenvalue weighted by molar-refractivity contribution is 5.59. The molecule has 2 heterocycles. The molecule has 2 aromatic rings. The summed E-state index contributed by atoms with van der Waals surface area (Å²) in [6.45, 7) is 1.41. The minimum atomic E-state index is -4.35. The first-order valence-electron chi connectivity index (χ1n) is 6.49. The summed E-state index contributed by atoms with van der Waals surface area (Å²) in [7, 11) is 0. The first-order valence-corrected chi connectivity index (χ1v) is 6.49. The first-order chi connectivity index (χ1) is 9.95. The fraction of sp³-hybridized carbons (Fsp3) is 0.286. The van der Waals surface area contributed by atoms with E-state index in [9.17, 15) is 13.2 Å². The standard InChI is InChI=1S/C14H13F3N4/c15-14(16,17)9-3-1-8(2-4-9)13-20-11-7-19-6-5-10(11)12(18)21-13/h1-4,19H,5-7H2,(H2,18,20,21). The van der Waals surface area contributed by atoms with E-state index in [4.69, 9.17) is 5.73 Å². The highest BCUT2D eigenvalue weighted by atomic mass is 19.4. The van der Waals surface area contributed by atoms with Crippen LogP contribution in [0.4, 0.5) is 19.0 Å². The molecule has 110 valence electrons. The summed E-state index contributed by atoms with van der Waals surface area (Å²) in [5.74, 6) is 0.750. The van der Waals surface area contributed by atoms with E-state index in [0.29, 0.717) is 23.8 Å². The van der Waals surface area contributed by atoms with Crippen molar-refractivity contribution in [1.82, 2.24) is 15.3 Å². The molecule has 0 radical (unpaired) electrons. The topological polar surface area (TPSA) is 63.8 Å². The zero-order valence-electron chi connectivity index (χ0n) is 11.0. The van der Waals surface area contributed by atoms with Gasteiger partial charge in [-0.3, -0.25) is 0 Å². The third-order valence-electron chi connectivity index (χ3n) is 3.44. The van der Waals surface area contributed by atoms with Crippen molar-refractivity contribution in [3.8, 4) is 11.4 Å². The van der Waals surface area contributed by atoms with Gasteiger partial charge >= 0.3 is 6.18 Å². The number of rotatable bonds is 1. The highest BCUT2D eigenvalue weighted by Gasteiger charge is 2.30. The Hall–Kier alpha value is -2.15. The van der Waals surface area contributed by atoms with Crippen LogP contribution in [0.2, 0.25) is 0 Å². The second-order valence-electron chi connectivity index (χ2n) is 4.86. The Kier molecular flexibility index (Phi) is 3.29. The van der Waals surface area contributed by atoms with Crippen LogP contribution in [0.25, 0.3) is 11.4 Å². The van der Waals surface area contributed by atoms with Gasteiger partial charge < -0.3 is 11.1 Å². The molecule has 0 saturated heterocycles. The molecule has 0 bridgehead atoms. The molecule has 0 aliphatic carbocycles. The van der Waals surface area contributed by atoms with E-state index in [1.807, 2.05) is 0 Å². The van der Waals surface area contributed by atoms with E-state index in [1.165, 1.54) is 12.1 Å². The molecule has 21 heavy (non-hydrogen) atoms. The molecule has 7 heteroatoms. The minimum Gasteiger partial charge on any atom is -0.383 e. The zero-order chi connectivity index (χ0) is 15.0. The van der Waals surface area contributed by atoms with Gasteiger partial charge in [0.05, 0.1) is 11.3 Å². The number of nitrogens with zero attached hydrogens (tertiary/aromatic N) is 2. The van der Waals surface area contributed by atoms with Gasteiger partial charge in [0.15, 0.2) is 5.82 Å². The maximum Gasteiger partial charge on any atom is 0.416 e. The highest BCUT2D eigenvalue weighted by Crippen LogP contribution is 2.31. The summed E-state index contributed by atoms with van der Waals surface area (Å²) in [6, 6.07) is 4.76. The number of nitrogen functional groups attached to an aromatic ring is 1. The van der Waals surface area contributed by atoms with E-state index in [-0.39, 0.29) is 0 Å². The number of halogens is 3. The van der Waals surface area contributed by atoms with Gasteiger partial charge in [-0.15, -0.1) is 0 Å². The lowest BCUT2D eigenvalue weighted by molar-refractivity contribution is -0.137. The van der Waals surface area contributed by atoms with Gasteiger partial charge in [0.2, 0.25) is 0 Å². The van der Waals surface area contributed by atoms with Crippen molar-refractivity contribution >= 4 is 5.82 Å². The van der Waals surface area contributed by atoms with Crippen LogP contribution in [-0.2, 0) is 19.1 Å². The minimum absolute atomic E-state index is 0.351. The Morgan fingerprint density at radius 2 is 1.81 bits per heavy atom. The zero-order valence-corrected chi connectivity index (χ0v) is 11.0. The van der Waals surface area contributed by atoms with Crippen molar-refractivity contribution in [2.45, 2.75) is 19.1 Å². The molecule has 0 spiro atoms. The number of nitrogens with two attached hydrogens (primary N) is 1. The molecule has 0 fully saturated rings. The summed E-state index contributed by atoms with van der Waals surface area (Å²) in [5.41, 5.74) is 7.47. The Morgan fingerprint density at radius 3 is 2.48 bits per heavy atom. The Morgan fingerprint density at radius 1 is 1.10 bits per heavy atom. The molecule has 0 atom stereocenters. The molecule has 1 aromatic heterocycles. The Bertz CT molecular complexity index is 665. The summed E-state index contributed by atoms with van der Waals surface area (Å²) in [6.07, 6.45) is -3.59. The molecule has 1 aliphatic heterocycles. The second-order valence-corrected chi connectivity index (χ2v) is 4.86. The number of benzene rings is 1. The van der Waals surface area contributed by atoms with Gasteiger partial charge in [0.1, 0.15) is 5.82 Å². The first kappa shape index (κ1) is 13.8. The molecule has 0 saturated carbocycles. The van der Waals surface area contributed by atoms with Gasteiger partial charge in [-0.05, 0) is 25.1 Å². The molecule has 4 nitrogen and oxygen atoms in total. The van der Waals surface area contributed by atoms with Crippen molar-refractivity contribution in [1.29, 1.82) is 0 Å². The number of nitrogens with one attached hydrogen (secondary N) is 1. The van der Waals surface area contributed by atoms with Crippen molar-refractivity contribution < 1.29 is 13.2 Å². The SMILES string of the molecule is Nc1nc(-c2ccc(C(F)(F)F)cc2)nc2c1CCNC2. The molecular formula is C14H13F3N4. The number of aromatic nitrogens is 2. The largest absolute Gasteiger partial charge is 0.416 e. The van der Waals surface area contributed by atoms with Crippen LogP contribution < -0.4 is 11.1 Å². The van der Waals surface area contributed by atoms with Crippen molar-refractivity contribution in [2.75, 3.05) is 12.3 Å². The third kappa shape index (κ3) is 2.69. The lowest BCUT2D eigenvalue weighted by Crippen LogP contribution is -2.26. The van der Waals surface area contributed by atoms with Crippen LogP contribution in [0, 0.1) is 0 Å². The molecule has 1 aliphatic rings. The molecule has 0 amide bonds. The predicted octanol–water partition coefficient (Wildman–Crippen LogP) is 2.39. The number of alkyl halides is 3. The molecule has 3 rings (SSSR count). The van der Waals surface area contributed by atoms with Gasteiger partial charge in [-0.2, -0.15) is 13.2 Å². The Labute approximate surface area is 119 Å². The van der Waals surface area contributed by atoms with E-state index in [1.54, 1.807) is 0 Å². The summed E-state index contributed by atoms with van der Waals surface area (Å²) in [4.78, 5) is 8.61. The van der Waals surface area contributed by atoms with E-state index in [0.717, 1.165) is 36.4 Å². The summed E-state index contributed by atoms with van der Waals surface area (Å²) < 4.78 is 37.7. The molecule has 3 N–H and O–H groups in total. The fourth-order valence-electron chi connectivity index (χ4n) is 2.33. The van der Waals surface area contributed by atoms with Gasteiger partial charge in [-0.25, -0.2) is 9.97 Å². The van der Waals surface area contributed by atoms with Gasteiger partial charge in [0, 0.05) is 17.7 Å². The smallest absolute Gasteiger partial charge is 0.383 e. The third-order valence-corrected chi connectivity index (χ3v) is 3.44. The maximum absolute atomic E-state index is 12.6. The van der Waals surface area contributed by atoms with Crippen molar-refractivity contribution in [2.24, 2.45) is 0 Å². The monoisotopic (exact) mass is 294 g/mol. The van der Waals surface area contributed by atoms with Gasteiger partial charge in [0.25, 0.3) is 0 Å². The summed E-state index contributed by atoms with van der Waals surface area (Å²) >= 11 is 0. The van der Waals surface area contributed by atoms with Crippen LogP contribution in [0.15, 0.2) is 24.3 Å². The van der Waals surface area contributed by atoms with Crippen molar-refractivity contribution in [3.63, 3.8) is 0 Å². The van der Waals surface area contributed by atoms with Crippen LogP contribution in [0.3, 0.4) is 0 Å². The number of anilines is 1. The lowest BCUT2D eigenvalue weighted by Gasteiger charge is -2.18. The van der Waals surface area contributed by atoms with Crippen molar-refractivity contribution in [3.05, 3.63) is 41.1 Å². The average molecular weight is 294 g/mol. The lowest BCUT2D eigenvalue weighted by atomic mass is 10.1. The predicted molar refractivity (Wildman–Crippen MR) is 72.3 cm³/mol. The normalized spacial score (nSPS) is 14.8. The molecule has 1 aromatic carbocycles. The van der Waals surface area contributed by atoms with Gasteiger partial charge in [-0.1, -0.05) is 12.1 Å². The summed E-state index contributed by atoms with van der Waals surface area (Å²) in [5, 5.41) is 3.18.